The van der Waals surface area contributed by atoms with Crippen molar-refractivity contribution in [2.45, 2.75) is 91.8 Å². The fraction of sp³-hybridized carbons (Fsp3) is 0.786. The number of benzene rings is 1. The molecule has 4 fully saturated rings. The summed E-state index contributed by atoms with van der Waals surface area (Å²) in [4.78, 5) is 0. The Balaban J connectivity index is 1.49. The van der Waals surface area contributed by atoms with E-state index in [4.69, 9.17) is 4.74 Å². The maximum absolute atomic E-state index is 6.92. The van der Waals surface area contributed by atoms with Gasteiger partial charge in [-0.1, -0.05) is 77.3 Å². The van der Waals surface area contributed by atoms with Gasteiger partial charge in [0.15, 0.2) is 0 Å². The predicted octanol–water partition coefficient (Wildman–Crippen LogP) is 7.50. The topological polar surface area (TPSA) is 9.23 Å². The van der Waals surface area contributed by atoms with Crippen LogP contribution in [0.3, 0.4) is 0 Å². The molecule has 0 saturated heterocycles. The van der Waals surface area contributed by atoms with Gasteiger partial charge in [0.25, 0.3) is 0 Å². The Kier molecular flexibility index (Phi) is 5.13. The quantitative estimate of drug-likeness (QED) is 0.516. The summed E-state index contributed by atoms with van der Waals surface area (Å²) in [5.74, 6) is 4.98. The van der Waals surface area contributed by atoms with Gasteiger partial charge in [0, 0.05) is 0 Å². The summed E-state index contributed by atoms with van der Waals surface area (Å²) >= 11 is 0. The molecule has 1 unspecified atom stereocenters. The zero-order chi connectivity index (χ0) is 20.2. The molecule has 4 aliphatic carbocycles. The lowest BCUT2D eigenvalue weighted by Gasteiger charge is -2.65. The lowest BCUT2D eigenvalue weighted by molar-refractivity contribution is -0.214. The molecule has 4 saturated carbocycles. The second-order valence-corrected chi connectivity index (χ2v) is 11.9. The van der Waals surface area contributed by atoms with Gasteiger partial charge in [-0.15, -0.1) is 0 Å². The lowest BCUT2D eigenvalue weighted by atomic mass is 9.41. The van der Waals surface area contributed by atoms with Gasteiger partial charge in [-0.3, -0.25) is 0 Å². The molecule has 0 aromatic heterocycles. The molecular weight excluding hydrogens is 352 g/mol. The maximum Gasteiger partial charge on any atom is 0.0720 e. The third-order valence-corrected chi connectivity index (χ3v) is 10.5. The van der Waals surface area contributed by atoms with E-state index < -0.39 is 0 Å². The third kappa shape index (κ3) is 3.13. The fourth-order valence-electron chi connectivity index (χ4n) is 9.19. The van der Waals surface area contributed by atoms with Crippen LogP contribution < -0.4 is 0 Å². The van der Waals surface area contributed by atoms with E-state index in [0.717, 1.165) is 36.2 Å². The molecule has 1 aromatic carbocycles. The van der Waals surface area contributed by atoms with Crippen molar-refractivity contribution < 1.29 is 4.74 Å². The van der Waals surface area contributed by atoms with E-state index in [9.17, 15) is 0 Å². The Bertz CT molecular complexity index is 712. The molecule has 4 aliphatic rings. The zero-order valence-electron chi connectivity index (χ0n) is 19.2. The van der Waals surface area contributed by atoms with E-state index >= 15 is 0 Å². The van der Waals surface area contributed by atoms with E-state index in [-0.39, 0.29) is 0 Å². The molecule has 9 atom stereocenters. The van der Waals surface area contributed by atoms with Crippen molar-refractivity contribution in [2.24, 2.45) is 46.3 Å². The molecule has 0 radical (unpaired) electrons. The number of rotatable bonds is 3. The van der Waals surface area contributed by atoms with Crippen LogP contribution in [-0.2, 0) is 11.3 Å². The molecule has 0 aliphatic heterocycles. The first-order chi connectivity index (χ1) is 13.9. The average molecular weight is 395 g/mol. The Morgan fingerprint density at radius 2 is 1.66 bits per heavy atom. The highest BCUT2D eigenvalue weighted by Gasteiger charge is 2.63. The van der Waals surface area contributed by atoms with E-state index in [0.29, 0.717) is 22.9 Å². The van der Waals surface area contributed by atoms with Gasteiger partial charge in [0.1, 0.15) is 0 Å². The molecule has 1 nitrogen and oxygen atoms in total. The van der Waals surface area contributed by atoms with Crippen molar-refractivity contribution in [1.29, 1.82) is 0 Å². The van der Waals surface area contributed by atoms with Gasteiger partial charge in [-0.2, -0.15) is 0 Å². The van der Waals surface area contributed by atoms with Gasteiger partial charge < -0.3 is 4.74 Å². The normalized spacial score (nSPS) is 49.2. The van der Waals surface area contributed by atoms with Crippen molar-refractivity contribution in [1.82, 2.24) is 0 Å². The van der Waals surface area contributed by atoms with E-state index in [2.05, 4.69) is 58.0 Å². The van der Waals surface area contributed by atoms with Crippen LogP contribution >= 0.6 is 0 Å². The fourth-order valence-corrected chi connectivity index (χ4v) is 9.19. The number of ether oxygens (including phenoxy) is 1. The second kappa shape index (κ2) is 7.40. The SMILES string of the molecule is CC1CCC[C@@]2(C)[C@H]1[C@H](OCc1ccccc1)[C@H](C)[C@H]1[C@@H]3CCC[C@@]3(C)CC[C@@H]12. The van der Waals surface area contributed by atoms with Crippen molar-refractivity contribution in [2.75, 3.05) is 0 Å². The maximum atomic E-state index is 6.92. The van der Waals surface area contributed by atoms with Crippen molar-refractivity contribution >= 4 is 0 Å². The third-order valence-electron chi connectivity index (χ3n) is 10.5. The predicted molar refractivity (Wildman–Crippen MR) is 120 cm³/mol. The first-order valence-electron chi connectivity index (χ1n) is 12.6. The van der Waals surface area contributed by atoms with Crippen LogP contribution in [0.25, 0.3) is 0 Å². The molecule has 0 bridgehead atoms. The zero-order valence-corrected chi connectivity index (χ0v) is 19.2. The molecule has 1 aromatic rings. The van der Waals surface area contributed by atoms with Gasteiger partial charge in [0.05, 0.1) is 12.7 Å². The van der Waals surface area contributed by atoms with Crippen LogP contribution in [0.15, 0.2) is 30.3 Å². The summed E-state index contributed by atoms with van der Waals surface area (Å²) in [5.41, 5.74) is 2.43. The Morgan fingerprint density at radius 1 is 0.897 bits per heavy atom. The highest BCUT2D eigenvalue weighted by atomic mass is 16.5. The lowest BCUT2D eigenvalue weighted by Crippen LogP contribution is -2.62. The largest absolute Gasteiger partial charge is 0.373 e. The van der Waals surface area contributed by atoms with Crippen LogP contribution in [0.4, 0.5) is 0 Å². The highest BCUT2D eigenvalue weighted by molar-refractivity contribution is 5.15. The minimum Gasteiger partial charge on any atom is -0.373 e. The first kappa shape index (κ1) is 20.1. The smallest absolute Gasteiger partial charge is 0.0720 e. The van der Waals surface area contributed by atoms with Crippen LogP contribution in [-0.4, -0.2) is 6.10 Å². The molecule has 5 rings (SSSR count). The molecule has 160 valence electrons. The highest BCUT2D eigenvalue weighted by Crippen LogP contribution is 2.68. The van der Waals surface area contributed by atoms with Gasteiger partial charge in [-0.25, -0.2) is 0 Å². The summed E-state index contributed by atoms with van der Waals surface area (Å²) in [6.45, 7) is 11.2. The number of hydrogen-bond donors (Lipinski definition) is 0. The molecule has 0 amide bonds. The van der Waals surface area contributed by atoms with Gasteiger partial charge in [-0.05, 0) is 84.0 Å². The van der Waals surface area contributed by atoms with E-state index in [1.54, 1.807) is 0 Å². The summed E-state index contributed by atoms with van der Waals surface area (Å²) in [6, 6.07) is 10.9. The van der Waals surface area contributed by atoms with Crippen molar-refractivity contribution in [3.8, 4) is 0 Å². The minimum atomic E-state index is 0.430. The molecule has 0 N–H and O–H groups in total. The molecule has 0 heterocycles. The minimum absolute atomic E-state index is 0.430. The molecular formula is C28H42O. The summed E-state index contributed by atoms with van der Waals surface area (Å²) < 4.78 is 6.92. The van der Waals surface area contributed by atoms with Gasteiger partial charge in [0.2, 0.25) is 0 Å². The van der Waals surface area contributed by atoms with Crippen LogP contribution in [0, 0.1) is 46.3 Å². The number of fused-ring (bicyclic) bond motifs is 5. The first-order valence-corrected chi connectivity index (χ1v) is 12.6. The Hall–Kier alpha value is -0.820. The monoisotopic (exact) mass is 394 g/mol. The summed E-state index contributed by atoms with van der Waals surface area (Å²) in [6.07, 6.45) is 12.1. The van der Waals surface area contributed by atoms with Crippen LogP contribution in [0.5, 0.6) is 0 Å². The standard InChI is InChI=1S/C28H42O/c1-19-10-8-16-28(4)23-14-17-27(3)15-9-13-22(27)24(23)20(2)26(25(19)28)29-18-21-11-6-5-7-12-21/h5-7,11-12,19-20,22-26H,8-10,13-18H2,1-4H3/t19?,20-,22+,23+,24+,25-,26-,27+,28-/m1/s1. The van der Waals surface area contributed by atoms with E-state index in [1.165, 1.54) is 56.9 Å². The summed E-state index contributed by atoms with van der Waals surface area (Å²) in [7, 11) is 0. The Labute approximate surface area is 179 Å². The van der Waals surface area contributed by atoms with Crippen LogP contribution in [0.2, 0.25) is 0 Å². The van der Waals surface area contributed by atoms with Crippen molar-refractivity contribution in [3.63, 3.8) is 0 Å². The molecule has 1 heteroatoms. The average Bonchev–Trinajstić information content (AvgIpc) is 3.11. The Morgan fingerprint density at radius 3 is 2.45 bits per heavy atom. The molecule has 29 heavy (non-hydrogen) atoms. The molecule has 0 spiro atoms. The number of hydrogen-bond acceptors (Lipinski definition) is 1. The van der Waals surface area contributed by atoms with Crippen LogP contribution in [0.1, 0.15) is 84.6 Å². The summed E-state index contributed by atoms with van der Waals surface area (Å²) in [5, 5.41) is 0. The van der Waals surface area contributed by atoms with Crippen molar-refractivity contribution in [3.05, 3.63) is 35.9 Å². The second-order valence-electron chi connectivity index (χ2n) is 11.9. The van der Waals surface area contributed by atoms with Gasteiger partial charge >= 0.3 is 0 Å². The van der Waals surface area contributed by atoms with E-state index in [1.807, 2.05) is 0 Å².